The van der Waals surface area contributed by atoms with Crippen LogP contribution in [0.4, 0.5) is 5.82 Å². The largest absolute Gasteiger partial charge is 1.00 e. The number of nitrogens with zero attached hydrogens (tertiary/aromatic N) is 3. The molecule has 1 aromatic heterocycles. The molecule has 3 heterocycles. The molecule has 2 aliphatic rings. The molecule has 1 N–H and O–H groups in total. The van der Waals surface area contributed by atoms with Crippen LogP contribution in [0.25, 0.3) is 0 Å². The van der Waals surface area contributed by atoms with Gasteiger partial charge < -0.3 is 29.8 Å². The molecule has 0 saturated carbocycles. The summed E-state index contributed by atoms with van der Waals surface area (Å²) >= 11 is 0. The van der Waals surface area contributed by atoms with E-state index < -0.39 is 30.1 Å². The molecule has 0 spiro atoms. The second-order valence-corrected chi connectivity index (χ2v) is 7.49. The van der Waals surface area contributed by atoms with E-state index in [1.165, 1.54) is 0 Å². The van der Waals surface area contributed by atoms with E-state index in [4.69, 9.17) is 4.74 Å². The molecule has 2 aliphatic heterocycles. The Morgan fingerprint density at radius 1 is 1.21 bits per heavy atom. The van der Waals surface area contributed by atoms with Gasteiger partial charge in [-0.05, 0) is 24.5 Å². The standard InChI is InChI=1S/C19H26N4O5.Na/c1-12(2)11-13(21-17(24)15-16(28-15)19(26)27)18(25)23-9-7-22(8-10-23)14-5-3-4-6-20-14;/h3-6,12-13,15-16H,7-11H2,1-2H3,(H,21,24)(H,26,27);/q;+1/p-1/t13-,15+,16+;/m0./s1. The summed E-state index contributed by atoms with van der Waals surface area (Å²) in [4.78, 5) is 44.1. The molecule has 29 heavy (non-hydrogen) atoms. The van der Waals surface area contributed by atoms with Crippen molar-refractivity contribution in [2.24, 2.45) is 5.92 Å². The minimum absolute atomic E-state index is 0. The number of nitrogens with one attached hydrogen (secondary N) is 1. The van der Waals surface area contributed by atoms with E-state index in [0.29, 0.717) is 32.6 Å². The Kier molecular flexibility index (Phi) is 8.45. The number of piperazine rings is 1. The Morgan fingerprint density at radius 2 is 1.90 bits per heavy atom. The topological polar surface area (TPSA) is 118 Å². The molecular formula is C19H25N4NaO5. The number of anilines is 1. The summed E-state index contributed by atoms with van der Waals surface area (Å²) in [6.45, 7) is 6.29. The first-order chi connectivity index (χ1) is 13.4. The van der Waals surface area contributed by atoms with E-state index in [1.54, 1.807) is 11.1 Å². The van der Waals surface area contributed by atoms with Crippen LogP contribution in [0.2, 0.25) is 0 Å². The van der Waals surface area contributed by atoms with Gasteiger partial charge in [0.15, 0.2) is 6.10 Å². The van der Waals surface area contributed by atoms with Crippen molar-refractivity contribution in [3.05, 3.63) is 24.4 Å². The maximum absolute atomic E-state index is 13.0. The number of hydrogen-bond donors (Lipinski definition) is 1. The number of carbonyl (C=O) groups excluding carboxylic acids is 3. The van der Waals surface area contributed by atoms with Crippen molar-refractivity contribution in [3.8, 4) is 0 Å². The third-order valence-electron chi connectivity index (χ3n) is 4.87. The van der Waals surface area contributed by atoms with Crippen LogP contribution in [0, 0.1) is 5.92 Å². The van der Waals surface area contributed by atoms with Gasteiger partial charge in [-0.25, -0.2) is 4.98 Å². The minimum atomic E-state index is -1.42. The Balaban J connectivity index is 0.00000300. The smallest absolute Gasteiger partial charge is 0.547 e. The summed E-state index contributed by atoms with van der Waals surface area (Å²) in [7, 11) is 0. The molecule has 152 valence electrons. The van der Waals surface area contributed by atoms with Crippen molar-refractivity contribution in [3.63, 3.8) is 0 Å². The molecule has 1 aromatic rings. The van der Waals surface area contributed by atoms with Crippen molar-refractivity contribution in [1.82, 2.24) is 15.2 Å². The summed E-state index contributed by atoms with van der Waals surface area (Å²) in [5, 5.41) is 13.4. The van der Waals surface area contributed by atoms with Crippen molar-refractivity contribution < 1.29 is 53.8 Å². The Labute approximate surface area is 192 Å². The number of pyridine rings is 1. The molecule has 2 amide bonds. The van der Waals surface area contributed by atoms with Crippen LogP contribution in [0.5, 0.6) is 0 Å². The molecule has 0 radical (unpaired) electrons. The second-order valence-electron chi connectivity index (χ2n) is 7.49. The van der Waals surface area contributed by atoms with Crippen LogP contribution in [0.3, 0.4) is 0 Å². The Hall–Kier alpha value is -1.68. The number of rotatable bonds is 7. The number of carbonyl (C=O) groups is 3. The maximum atomic E-state index is 13.0. The summed E-state index contributed by atoms with van der Waals surface area (Å²) < 4.78 is 4.82. The Bertz CT molecular complexity index is 725. The van der Waals surface area contributed by atoms with Gasteiger partial charge in [0, 0.05) is 32.4 Å². The fraction of sp³-hybridized carbons (Fsp3) is 0.579. The van der Waals surface area contributed by atoms with E-state index in [2.05, 4.69) is 15.2 Å². The van der Waals surface area contributed by atoms with E-state index in [1.807, 2.05) is 32.0 Å². The predicted octanol–water partition coefficient (Wildman–Crippen LogP) is -4.22. The molecule has 10 heteroatoms. The van der Waals surface area contributed by atoms with E-state index in [0.717, 1.165) is 5.82 Å². The van der Waals surface area contributed by atoms with Crippen molar-refractivity contribution in [2.45, 2.75) is 38.5 Å². The van der Waals surface area contributed by atoms with Crippen molar-refractivity contribution >= 4 is 23.6 Å². The number of carboxylic acids is 1. The summed E-state index contributed by atoms with van der Waals surface area (Å²) in [5.74, 6) is -1.10. The van der Waals surface area contributed by atoms with E-state index in [-0.39, 0.29) is 41.4 Å². The zero-order chi connectivity index (χ0) is 20.3. The number of ether oxygens (including phenoxy) is 1. The van der Waals surface area contributed by atoms with Gasteiger partial charge in [0.25, 0.3) is 5.91 Å². The normalized spacial score (nSPS) is 21.9. The SMILES string of the molecule is CC(C)C[C@H](NC(=O)[C@@H]1O[C@H]1C(=O)[O-])C(=O)N1CCN(c2ccccn2)CC1.[Na+]. The average molecular weight is 412 g/mol. The van der Waals surface area contributed by atoms with Gasteiger partial charge in [-0.2, -0.15) is 0 Å². The molecular weight excluding hydrogens is 387 g/mol. The van der Waals surface area contributed by atoms with Crippen LogP contribution in [0.15, 0.2) is 24.4 Å². The first kappa shape index (κ1) is 23.6. The molecule has 0 aromatic carbocycles. The van der Waals surface area contributed by atoms with Crippen molar-refractivity contribution in [2.75, 3.05) is 31.1 Å². The summed E-state index contributed by atoms with van der Waals surface area (Å²) in [6.07, 6.45) is -0.0977. The monoisotopic (exact) mass is 412 g/mol. The predicted molar refractivity (Wildman–Crippen MR) is 98.1 cm³/mol. The third-order valence-corrected chi connectivity index (χ3v) is 4.87. The van der Waals surface area contributed by atoms with Crippen molar-refractivity contribution in [1.29, 1.82) is 0 Å². The molecule has 2 saturated heterocycles. The summed E-state index contributed by atoms with van der Waals surface area (Å²) in [5.41, 5.74) is 0. The minimum Gasteiger partial charge on any atom is -0.547 e. The first-order valence-corrected chi connectivity index (χ1v) is 9.48. The fourth-order valence-electron chi connectivity index (χ4n) is 3.35. The number of hydrogen-bond acceptors (Lipinski definition) is 7. The van der Waals surface area contributed by atoms with Crippen LogP contribution < -0.4 is 44.9 Å². The number of epoxide rings is 1. The number of carboxylic acid groups (broad SMARTS) is 1. The second kappa shape index (κ2) is 10.4. The van der Waals surface area contributed by atoms with Gasteiger partial charge in [-0.1, -0.05) is 19.9 Å². The quantitative estimate of drug-likeness (QED) is 0.356. The molecule has 0 aliphatic carbocycles. The number of aromatic nitrogens is 1. The number of amides is 2. The van der Waals surface area contributed by atoms with Crippen LogP contribution >= 0.6 is 0 Å². The van der Waals surface area contributed by atoms with Gasteiger partial charge in [0.1, 0.15) is 18.0 Å². The molecule has 0 bridgehead atoms. The maximum Gasteiger partial charge on any atom is 1.00 e. The van der Waals surface area contributed by atoms with Gasteiger partial charge in [-0.3, -0.25) is 9.59 Å². The molecule has 3 atom stereocenters. The Morgan fingerprint density at radius 3 is 2.41 bits per heavy atom. The fourth-order valence-corrected chi connectivity index (χ4v) is 3.35. The third kappa shape index (κ3) is 6.15. The zero-order valence-electron chi connectivity index (χ0n) is 17.0. The van der Waals surface area contributed by atoms with Gasteiger partial charge in [0.05, 0.1) is 5.97 Å². The molecule has 9 nitrogen and oxygen atoms in total. The first-order valence-electron chi connectivity index (χ1n) is 9.48. The van der Waals surface area contributed by atoms with Crippen LogP contribution in [-0.4, -0.2) is 72.1 Å². The van der Waals surface area contributed by atoms with E-state index >= 15 is 0 Å². The molecule has 3 rings (SSSR count). The van der Waals surface area contributed by atoms with Gasteiger partial charge in [0.2, 0.25) is 5.91 Å². The molecule has 0 unspecified atom stereocenters. The number of aliphatic carboxylic acids is 1. The van der Waals surface area contributed by atoms with Gasteiger partial charge >= 0.3 is 29.6 Å². The molecule has 2 fully saturated rings. The average Bonchev–Trinajstić information content (AvgIpc) is 3.49. The van der Waals surface area contributed by atoms with Gasteiger partial charge in [-0.15, -0.1) is 0 Å². The van der Waals surface area contributed by atoms with E-state index in [9.17, 15) is 19.5 Å². The van der Waals surface area contributed by atoms with Crippen LogP contribution in [0.1, 0.15) is 20.3 Å². The zero-order valence-corrected chi connectivity index (χ0v) is 19.0. The summed E-state index contributed by atoms with van der Waals surface area (Å²) in [6, 6.07) is 5.01. The van der Waals surface area contributed by atoms with Crippen LogP contribution in [-0.2, 0) is 19.1 Å².